The molecule has 3 aromatic rings. The fourth-order valence-electron chi connectivity index (χ4n) is 4.31. The lowest BCUT2D eigenvalue weighted by atomic mass is 9.87. The second-order valence-electron chi connectivity index (χ2n) is 10.00. The van der Waals surface area contributed by atoms with Gasteiger partial charge in [-0.2, -0.15) is 4.98 Å². The number of imidazole rings is 1. The third-order valence-electron chi connectivity index (χ3n) is 6.50. The molecule has 1 aliphatic heterocycles. The number of hydrogen-bond donors (Lipinski definition) is 2. The predicted molar refractivity (Wildman–Crippen MR) is 132 cm³/mol. The van der Waals surface area contributed by atoms with E-state index in [1.165, 1.54) is 24.6 Å². The molecule has 1 aliphatic rings. The van der Waals surface area contributed by atoms with Gasteiger partial charge in [0.25, 0.3) is 5.92 Å². The van der Waals surface area contributed by atoms with Crippen LogP contribution in [0.5, 0.6) is 0 Å². The summed E-state index contributed by atoms with van der Waals surface area (Å²) < 4.78 is 31.6. The molecule has 1 saturated heterocycles. The number of alkyl halides is 2. The molecule has 1 fully saturated rings. The molecule has 12 heteroatoms. The van der Waals surface area contributed by atoms with Gasteiger partial charge in [0.15, 0.2) is 11.5 Å². The van der Waals surface area contributed by atoms with Gasteiger partial charge in [0, 0.05) is 38.5 Å². The van der Waals surface area contributed by atoms with E-state index in [9.17, 15) is 18.7 Å². The summed E-state index contributed by atoms with van der Waals surface area (Å²) in [5.74, 6) is -3.82. The molecule has 0 spiro atoms. The van der Waals surface area contributed by atoms with E-state index in [0.29, 0.717) is 41.6 Å². The van der Waals surface area contributed by atoms with E-state index in [-0.39, 0.29) is 23.8 Å². The summed E-state index contributed by atoms with van der Waals surface area (Å²) in [6, 6.07) is 1.76. The van der Waals surface area contributed by atoms with Crippen molar-refractivity contribution in [2.75, 3.05) is 23.3 Å². The summed E-state index contributed by atoms with van der Waals surface area (Å²) in [5.41, 5.74) is 0.476. The minimum Gasteiger partial charge on any atom is -0.390 e. The normalized spacial score (nSPS) is 20.4. The number of piperidine rings is 1. The molecular formula is C23H30ClF2N7O2. The Balaban J connectivity index is 1.63. The molecule has 3 aromatic heterocycles. The Morgan fingerprint density at radius 1 is 1.23 bits per heavy atom. The van der Waals surface area contributed by atoms with Crippen molar-refractivity contribution in [2.24, 2.45) is 18.9 Å². The Morgan fingerprint density at radius 2 is 1.89 bits per heavy atom. The second kappa shape index (κ2) is 9.02. The summed E-state index contributed by atoms with van der Waals surface area (Å²) >= 11 is 6.33. The molecule has 0 amide bonds. The molecule has 2 atom stereocenters. The van der Waals surface area contributed by atoms with Gasteiger partial charge >= 0.3 is 5.69 Å². The Kier molecular flexibility index (Phi) is 6.52. The largest absolute Gasteiger partial charge is 0.390 e. The molecule has 4 heterocycles. The first-order valence-electron chi connectivity index (χ1n) is 11.5. The lowest BCUT2D eigenvalue weighted by molar-refractivity contribution is -0.105. The number of aromatic nitrogens is 5. The van der Waals surface area contributed by atoms with Crippen LogP contribution in [0.3, 0.4) is 0 Å². The highest BCUT2D eigenvalue weighted by atomic mass is 35.5. The molecule has 0 aliphatic carbocycles. The van der Waals surface area contributed by atoms with Crippen LogP contribution in [0.1, 0.15) is 34.1 Å². The maximum Gasteiger partial charge on any atom is 0.330 e. The van der Waals surface area contributed by atoms with Crippen LogP contribution in [0.25, 0.3) is 11.2 Å². The lowest BCUT2D eigenvalue weighted by Crippen LogP contribution is -2.52. The predicted octanol–water partition coefficient (Wildman–Crippen LogP) is 3.81. The van der Waals surface area contributed by atoms with Crippen LogP contribution >= 0.6 is 11.6 Å². The first-order chi connectivity index (χ1) is 16.3. The van der Waals surface area contributed by atoms with Crippen LogP contribution in [-0.4, -0.2) is 53.8 Å². The molecule has 190 valence electrons. The molecule has 35 heavy (non-hydrogen) atoms. The van der Waals surface area contributed by atoms with Crippen molar-refractivity contribution in [3.8, 4) is 0 Å². The van der Waals surface area contributed by atoms with Gasteiger partial charge in [-0.05, 0) is 26.3 Å². The Morgan fingerprint density at radius 3 is 2.51 bits per heavy atom. The van der Waals surface area contributed by atoms with Crippen molar-refractivity contribution in [3.63, 3.8) is 0 Å². The van der Waals surface area contributed by atoms with Gasteiger partial charge in [-0.25, -0.2) is 23.5 Å². The zero-order chi connectivity index (χ0) is 25.7. The van der Waals surface area contributed by atoms with Gasteiger partial charge < -0.3 is 15.3 Å². The van der Waals surface area contributed by atoms with Gasteiger partial charge in [0.05, 0.1) is 29.2 Å². The van der Waals surface area contributed by atoms with E-state index in [1.807, 2.05) is 0 Å². The molecule has 0 aromatic carbocycles. The first-order valence-corrected chi connectivity index (χ1v) is 11.9. The Labute approximate surface area is 206 Å². The topological polar surface area (TPSA) is 101 Å². The quantitative estimate of drug-likeness (QED) is 0.521. The van der Waals surface area contributed by atoms with Crippen molar-refractivity contribution in [1.82, 2.24) is 24.1 Å². The Bertz CT molecular complexity index is 1290. The van der Waals surface area contributed by atoms with E-state index in [0.717, 1.165) is 0 Å². The van der Waals surface area contributed by atoms with E-state index in [1.54, 1.807) is 42.6 Å². The molecule has 0 bridgehead atoms. The molecule has 2 N–H and O–H groups in total. The molecule has 4 rings (SSSR count). The highest BCUT2D eigenvalue weighted by molar-refractivity contribution is 6.32. The standard InChI is InChI=1S/C23H30ClF2N7O2/c1-13-11-32(12-14(2)23(13,25)26)20-28-10-16(24)18(30-20)29-15-8-17-19(27-9-15)31(5)21(34)33(17)7-6-22(3,4)35/h8-10,13-14,35H,6-7,11-12H2,1-5H3,(H,28,29,30)/t13-,14+. The maximum absolute atomic E-state index is 14.3. The van der Waals surface area contributed by atoms with Crippen molar-refractivity contribution in [3.05, 3.63) is 34.0 Å². The molecule has 0 saturated carbocycles. The SMILES string of the molecule is C[C@@H]1CN(c2ncc(Cl)c(Nc3cnc4c(c3)n(CCC(C)(C)O)c(=O)n4C)n2)C[C@H](C)C1(F)F. The minimum atomic E-state index is -2.75. The van der Waals surface area contributed by atoms with Crippen LogP contribution < -0.4 is 15.9 Å². The molecular weight excluding hydrogens is 480 g/mol. The summed E-state index contributed by atoms with van der Waals surface area (Å²) in [7, 11) is 1.64. The Hall–Kier alpha value is -2.79. The average Bonchev–Trinajstić information content (AvgIpc) is 3.01. The summed E-state index contributed by atoms with van der Waals surface area (Å²) in [4.78, 5) is 27.6. The number of hydrogen-bond acceptors (Lipinski definition) is 7. The third-order valence-corrected chi connectivity index (χ3v) is 6.78. The van der Waals surface area contributed by atoms with Crippen LogP contribution in [0.4, 0.5) is 26.2 Å². The number of nitrogens with one attached hydrogen (secondary N) is 1. The number of rotatable bonds is 6. The number of aryl methyl sites for hydroxylation is 2. The second-order valence-corrected chi connectivity index (χ2v) is 10.4. The summed E-state index contributed by atoms with van der Waals surface area (Å²) in [6.07, 6.45) is 3.38. The number of anilines is 3. The number of pyridine rings is 1. The van der Waals surface area contributed by atoms with Crippen molar-refractivity contribution in [1.29, 1.82) is 0 Å². The van der Waals surface area contributed by atoms with Gasteiger partial charge in [-0.15, -0.1) is 0 Å². The van der Waals surface area contributed by atoms with Crippen LogP contribution in [0.2, 0.25) is 5.02 Å². The van der Waals surface area contributed by atoms with Crippen molar-refractivity contribution in [2.45, 2.75) is 52.2 Å². The van der Waals surface area contributed by atoms with E-state index >= 15 is 0 Å². The van der Waals surface area contributed by atoms with E-state index in [2.05, 4.69) is 20.3 Å². The average molecular weight is 510 g/mol. The number of nitrogens with zero attached hydrogens (tertiary/aromatic N) is 6. The lowest BCUT2D eigenvalue weighted by Gasteiger charge is -2.41. The minimum absolute atomic E-state index is 0.128. The highest BCUT2D eigenvalue weighted by Gasteiger charge is 2.47. The monoisotopic (exact) mass is 509 g/mol. The van der Waals surface area contributed by atoms with Crippen molar-refractivity contribution >= 4 is 40.2 Å². The van der Waals surface area contributed by atoms with Crippen molar-refractivity contribution < 1.29 is 13.9 Å². The fraction of sp³-hybridized carbons (Fsp3) is 0.565. The molecule has 0 radical (unpaired) electrons. The van der Waals surface area contributed by atoms with Gasteiger partial charge in [-0.3, -0.25) is 9.13 Å². The zero-order valence-electron chi connectivity index (χ0n) is 20.4. The van der Waals surface area contributed by atoms with Crippen LogP contribution in [-0.2, 0) is 13.6 Å². The maximum atomic E-state index is 14.3. The van der Waals surface area contributed by atoms with Gasteiger partial charge in [0.2, 0.25) is 5.95 Å². The summed E-state index contributed by atoms with van der Waals surface area (Å²) in [6.45, 7) is 7.00. The smallest absolute Gasteiger partial charge is 0.330 e. The molecule has 9 nitrogen and oxygen atoms in total. The van der Waals surface area contributed by atoms with Gasteiger partial charge in [0.1, 0.15) is 5.02 Å². The van der Waals surface area contributed by atoms with E-state index in [4.69, 9.17) is 11.6 Å². The van der Waals surface area contributed by atoms with Gasteiger partial charge in [-0.1, -0.05) is 25.4 Å². The number of fused-ring (bicyclic) bond motifs is 1. The zero-order valence-corrected chi connectivity index (χ0v) is 21.1. The summed E-state index contributed by atoms with van der Waals surface area (Å²) in [5, 5.41) is 13.5. The molecule has 0 unspecified atom stereocenters. The fourth-order valence-corrected chi connectivity index (χ4v) is 4.45. The van der Waals surface area contributed by atoms with Crippen LogP contribution in [0, 0.1) is 11.8 Å². The highest BCUT2D eigenvalue weighted by Crippen LogP contribution is 2.38. The number of aliphatic hydroxyl groups is 1. The third kappa shape index (κ3) is 4.97. The number of halogens is 3. The van der Waals surface area contributed by atoms with Crippen LogP contribution in [0.15, 0.2) is 23.3 Å². The first kappa shape index (κ1) is 25.3. The van der Waals surface area contributed by atoms with E-state index < -0.39 is 23.4 Å².